The van der Waals surface area contributed by atoms with E-state index in [-0.39, 0.29) is 5.37 Å². The molecule has 0 aliphatic carbocycles. The molecule has 3 aromatic rings. The number of nitrogens with one attached hydrogen (secondary N) is 1. The van der Waals surface area contributed by atoms with E-state index in [1.54, 1.807) is 11.8 Å². The normalized spacial score (nSPS) is 15.9. The number of rotatable bonds is 5. The molecule has 0 saturated carbocycles. The first kappa shape index (κ1) is 19.1. The summed E-state index contributed by atoms with van der Waals surface area (Å²) < 4.78 is 8.34. The molecule has 136 valence electrons. The quantitative estimate of drug-likeness (QED) is 0.357. The van der Waals surface area contributed by atoms with Crippen molar-refractivity contribution in [3.05, 3.63) is 96.6 Å². The third-order valence-electron chi connectivity index (χ3n) is 4.10. The summed E-state index contributed by atoms with van der Waals surface area (Å²) in [4.78, 5) is 0. The number of hydrazone groups is 1. The highest BCUT2D eigenvalue weighted by Gasteiger charge is 2.22. The van der Waals surface area contributed by atoms with Crippen LogP contribution in [-0.2, 0) is 6.61 Å². The van der Waals surface area contributed by atoms with Crippen LogP contribution in [0.4, 0.5) is 0 Å². The van der Waals surface area contributed by atoms with E-state index in [1.165, 1.54) is 14.7 Å². The third-order valence-corrected chi connectivity index (χ3v) is 6.83. The molecular weight excluding hydrogens is 582 g/mol. The zero-order valence-electron chi connectivity index (χ0n) is 14.2. The van der Waals surface area contributed by atoms with Gasteiger partial charge in [-0.3, -0.25) is 5.43 Å². The van der Waals surface area contributed by atoms with Gasteiger partial charge in [0.1, 0.15) is 22.8 Å². The molecule has 1 heterocycles. The SMILES string of the molecule is Ic1ccc(COc2ccc([C@@H]3NN=C(c4ccccc4)S3)cc2I)cc1. The summed E-state index contributed by atoms with van der Waals surface area (Å²) in [5.41, 5.74) is 6.75. The van der Waals surface area contributed by atoms with Gasteiger partial charge in [0.15, 0.2) is 0 Å². The van der Waals surface area contributed by atoms with E-state index in [4.69, 9.17) is 4.74 Å². The molecule has 0 fully saturated rings. The summed E-state index contributed by atoms with van der Waals surface area (Å²) in [6.45, 7) is 0.573. The average Bonchev–Trinajstić information content (AvgIpc) is 3.19. The molecule has 0 saturated heterocycles. The number of ether oxygens (including phenoxy) is 1. The van der Waals surface area contributed by atoms with Crippen LogP contribution in [0.2, 0.25) is 0 Å². The molecule has 3 nitrogen and oxygen atoms in total. The first-order valence-corrected chi connectivity index (χ1v) is 11.4. The van der Waals surface area contributed by atoms with Gasteiger partial charge in [-0.05, 0) is 80.6 Å². The maximum absolute atomic E-state index is 6.00. The van der Waals surface area contributed by atoms with Gasteiger partial charge in [0, 0.05) is 9.13 Å². The standard InChI is InChI=1S/C21H16I2N2OS/c22-17-9-6-14(7-10-17)13-26-19-11-8-16(12-18(19)23)21-25-24-20(27-21)15-4-2-1-3-5-15/h1-12,21,25H,13H2/t21-/m1/s1. The van der Waals surface area contributed by atoms with Crippen LogP contribution in [0.3, 0.4) is 0 Å². The van der Waals surface area contributed by atoms with Gasteiger partial charge in [0.25, 0.3) is 0 Å². The molecule has 1 aliphatic heterocycles. The molecule has 6 heteroatoms. The van der Waals surface area contributed by atoms with Gasteiger partial charge in [-0.2, -0.15) is 5.10 Å². The minimum absolute atomic E-state index is 0.124. The second-order valence-corrected chi connectivity index (χ2v) is 9.52. The highest BCUT2D eigenvalue weighted by molar-refractivity contribution is 14.1. The van der Waals surface area contributed by atoms with Crippen LogP contribution < -0.4 is 10.2 Å². The fourth-order valence-electron chi connectivity index (χ4n) is 2.68. The summed E-state index contributed by atoms with van der Waals surface area (Å²) in [7, 11) is 0. The molecule has 4 rings (SSSR count). The van der Waals surface area contributed by atoms with Crippen molar-refractivity contribution in [1.82, 2.24) is 5.43 Å². The zero-order valence-corrected chi connectivity index (χ0v) is 19.4. The maximum Gasteiger partial charge on any atom is 0.133 e. The Kier molecular flexibility index (Phi) is 6.24. The zero-order chi connectivity index (χ0) is 18.6. The van der Waals surface area contributed by atoms with E-state index >= 15 is 0 Å². The average molecular weight is 598 g/mol. The molecule has 0 spiro atoms. The van der Waals surface area contributed by atoms with Crippen LogP contribution in [0.5, 0.6) is 5.75 Å². The van der Waals surface area contributed by atoms with Gasteiger partial charge in [0.05, 0.1) is 3.57 Å². The Labute approximate surface area is 190 Å². The molecule has 0 amide bonds. The number of hydrogen-bond acceptors (Lipinski definition) is 4. The summed E-state index contributed by atoms with van der Waals surface area (Å²) in [6, 6.07) is 25.0. The second kappa shape index (κ2) is 8.83. The first-order valence-electron chi connectivity index (χ1n) is 8.41. The van der Waals surface area contributed by atoms with Crippen molar-refractivity contribution in [3.8, 4) is 5.75 Å². The fourth-order valence-corrected chi connectivity index (χ4v) is 4.72. The Hall–Kier alpha value is -1.26. The number of benzene rings is 3. The van der Waals surface area contributed by atoms with Crippen LogP contribution >= 0.6 is 56.9 Å². The van der Waals surface area contributed by atoms with Gasteiger partial charge >= 0.3 is 0 Å². The lowest BCUT2D eigenvalue weighted by molar-refractivity contribution is 0.304. The van der Waals surface area contributed by atoms with E-state index in [1.807, 2.05) is 24.3 Å². The van der Waals surface area contributed by atoms with Crippen molar-refractivity contribution in [2.45, 2.75) is 12.0 Å². The monoisotopic (exact) mass is 598 g/mol. The Balaban J connectivity index is 1.41. The molecule has 1 atom stereocenters. The van der Waals surface area contributed by atoms with E-state index in [0.29, 0.717) is 6.61 Å². The van der Waals surface area contributed by atoms with E-state index < -0.39 is 0 Å². The molecular formula is C21H16I2N2OS. The Morgan fingerprint density at radius 3 is 2.48 bits per heavy atom. The van der Waals surface area contributed by atoms with E-state index in [9.17, 15) is 0 Å². The summed E-state index contributed by atoms with van der Waals surface area (Å²) in [5, 5.41) is 5.64. The Bertz CT molecular complexity index is 962. The third kappa shape index (κ3) is 4.78. The van der Waals surface area contributed by atoms with E-state index in [2.05, 4.69) is 104 Å². The van der Waals surface area contributed by atoms with Crippen LogP contribution in [0.1, 0.15) is 22.1 Å². The van der Waals surface area contributed by atoms with Crippen molar-refractivity contribution in [3.63, 3.8) is 0 Å². The van der Waals surface area contributed by atoms with Gasteiger partial charge in [-0.25, -0.2) is 0 Å². The van der Waals surface area contributed by atoms with Crippen molar-refractivity contribution in [2.24, 2.45) is 5.10 Å². The lowest BCUT2D eigenvalue weighted by atomic mass is 10.2. The number of halogens is 2. The number of nitrogens with zero attached hydrogens (tertiary/aromatic N) is 1. The van der Waals surface area contributed by atoms with Crippen LogP contribution in [0, 0.1) is 7.14 Å². The molecule has 1 aliphatic rings. The van der Waals surface area contributed by atoms with E-state index in [0.717, 1.165) is 19.9 Å². The molecule has 0 bridgehead atoms. The minimum Gasteiger partial charge on any atom is -0.488 e. The summed E-state index contributed by atoms with van der Waals surface area (Å²) in [6.07, 6.45) is 0. The molecule has 0 unspecified atom stereocenters. The Morgan fingerprint density at radius 1 is 0.963 bits per heavy atom. The number of hydrogen-bond donors (Lipinski definition) is 1. The largest absolute Gasteiger partial charge is 0.488 e. The van der Waals surface area contributed by atoms with Gasteiger partial charge in [-0.15, -0.1) is 0 Å². The smallest absolute Gasteiger partial charge is 0.133 e. The van der Waals surface area contributed by atoms with Crippen molar-refractivity contribution < 1.29 is 4.74 Å². The van der Waals surface area contributed by atoms with Crippen LogP contribution in [0.25, 0.3) is 0 Å². The summed E-state index contributed by atoms with van der Waals surface area (Å²) in [5.74, 6) is 0.907. The predicted molar refractivity (Wildman–Crippen MR) is 129 cm³/mol. The first-order chi connectivity index (χ1) is 13.2. The fraction of sp³-hybridized carbons (Fsp3) is 0.0952. The lowest BCUT2D eigenvalue weighted by Crippen LogP contribution is -2.07. The highest BCUT2D eigenvalue weighted by atomic mass is 127. The molecule has 0 aromatic heterocycles. The van der Waals surface area contributed by atoms with Crippen molar-refractivity contribution >= 4 is 62.0 Å². The van der Waals surface area contributed by atoms with Crippen LogP contribution in [-0.4, -0.2) is 5.04 Å². The highest BCUT2D eigenvalue weighted by Crippen LogP contribution is 2.36. The summed E-state index contributed by atoms with van der Waals surface area (Å²) >= 11 is 6.38. The molecule has 3 aromatic carbocycles. The van der Waals surface area contributed by atoms with Crippen molar-refractivity contribution in [2.75, 3.05) is 0 Å². The Morgan fingerprint density at radius 2 is 1.74 bits per heavy atom. The lowest BCUT2D eigenvalue weighted by Gasteiger charge is -2.13. The molecule has 1 N–H and O–H groups in total. The topological polar surface area (TPSA) is 33.6 Å². The molecule has 0 radical (unpaired) electrons. The second-order valence-electron chi connectivity index (χ2n) is 6.01. The maximum atomic E-state index is 6.00. The van der Waals surface area contributed by atoms with Crippen molar-refractivity contribution in [1.29, 1.82) is 0 Å². The minimum atomic E-state index is 0.124. The predicted octanol–water partition coefficient (Wildman–Crippen LogP) is 6.17. The van der Waals surface area contributed by atoms with Crippen LogP contribution in [0.15, 0.2) is 77.9 Å². The van der Waals surface area contributed by atoms with Gasteiger partial charge in [0.2, 0.25) is 0 Å². The van der Waals surface area contributed by atoms with Gasteiger partial charge < -0.3 is 4.74 Å². The van der Waals surface area contributed by atoms with Gasteiger partial charge in [-0.1, -0.05) is 60.3 Å². The molecule has 27 heavy (non-hydrogen) atoms. The number of thioether (sulfide) groups is 1.